The van der Waals surface area contributed by atoms with Gasteiger partial charge in [0.1, 0.15) is 0 Å². The summed E-state index contributed by atoms with van der Waals surface area (Å²) in [6.07, 6.45) is 1.41. The number of nitrogens with zero attached hydrogens (tertiary/aromatic N) is 1. The summed E-state index contributed by atoms with van der Waals surface area (Å²) in [5, 5.41) is 8.66. The largest absolute Gasteiger partial charge is 0.469 e. The number of esters is 1. The standard InChI is InChI=1S/C14H21NO6/c1-11(14(18)19-2)10-15(5-8-20-9-6-16)13(17)12-4-3-7-21-12/h3-4,7,11,16H,5-6,8-10H2,1-2H3. The van der Waals surface area contributed by atoms with Crippen molar-refractivity contribution in [2.45, 2.75) is 6.92 Å². The summed E-state index contributed by atoms with van der Waals surface area (Å²) in [5.41, 5.74) is 0. The Morgan fingerprint density at radius 2 is 2.19 bits per heavy atom. The van der Waals surface area contributed by atoms with Crippen LogP contribution in [-0.4, -0.2) is 61.9 Å². The fraction of sp³-hybridized carbons (Fsp3) is 0.571. The number of aliphatic hydroxyl groups excluding tert-OH is 1. The first-order chi connectivity index (χ1) is 10.1. The molecule has 1 amide bonds. The highest BCUT2D eigenvalue weighted by Crippen LogP contribution is 2.09. The maximum absolute atomic E-state index is 12.3. The number of methoxy groups -OCH3 is 1. The number of aliphatic hydroxyl groups is 1. The zero-order valence-electron chi connectivity index (χ0n) is 12.3. The van der Waals surface area contributed by atoms with Crippen LogP contribution in [0, 0.1) is 5.92 Å². The third-order valence-electron chi connectivity index (χ3n) is 2.86. The number of hydrogen-bond acceptors (Lipinski definition) is 6. The molecule has 7 nitrogen and oxygen atoms in total. The van der Waals surface area contributed by atoms with Gasteiger partial charge in [-0.2, -0.15) is 0 Å². The number of carbonyl (C=O) groups excluding carboxylic acids is 2. The number of hydrogen-bond donors (Lipinski definition) is 1. The van der Waals surface area contributed by atoms with E-state index in [1.54, 1.807) is 19.1 Å². The topological polar surface area (TPSA) is 89.2 Å². The molecule has 0 bridgehead atoms. The lowest BCUT2D eigenvalue weighted by atomic mass is 10.1. The van der Waals surface area contributed by atoms with Crippen LogP contribution in [0.25, 0.3) is 0 Å². The maximum atomic E-state index is 12.3. The van der Waals surface area contributed by atoms with E-state index in [2.05, 4.69) is 4.74 Å². The van der Waals surface area contributed by atoms with Gasteiger partial charge in [0.2, 0.25) is 0 Å². The van der Waals surface area contributed by atoms with Gasteiger partial charge in [-0.25, -0.2) is 0 Å². The van der Waals surface area contributed by atoms with Gasteiger partial charge in [-0.15, -0.1) is 0 Å². The summed E-state index contributed by atoms with van der Waals surface area (Å²) in [6, 6.07) is 3.18. The molecule has 21 heavy (non-hydrogen) atoms. The van der Waals surface area contributed by atoms with Crippen molar-refractivity contribution in [2.24, 2.45) is 5.92 Å². The molecule has 0 radical (unpaired) electrons. The third-order valence-corrected chi connectivity index (χ3v) is 2.86. The summed E-state index contributed by atoms with van der Waals surface area (Å²) >= 11 is 0. The van der Waals surface area contributed by atoms with Gasteiger partial charge in [0.15, 0.2) is 5.76 Å². The molecule has 0 aliphatic heterocycles. The Bertz CT molecular complexity index is 431. The van der Waals surface area contributed by atoms with E-state index in [1.807, 2.05) is 0 Å². The molecule has 1 atom stereocenters. The minimum Gasteiger partial charge on any atom is -0.469 e. The second kappa shape index (κ2) is 9.15. The number of furan rings is 1. The van der Waals surface area contributed by atoms with Crippen molar-refractivity contribution in [3.05, 3.63) is 24.2 Å². The molecule has 0 fully saturated rings. The molecule has 1 aromatic heterocycles. The summed E-state index contributed by atoms with van der Waals surface area (Å²) < 4.78 is 14.9. The van der Waals surface area contributed by atoms with Crippen LogP contribution in [0.1, 0.15) is 17.5 Å². The van der Waals surface area contributed by atoms with Crippen molar-refractivity contribution in [3.63, 3.8) is 0 Å². The number of rotatable bonds is 9. The van der Waals surface area contributed by atoms with E-state index >= 15 is 0 Å². The lowest BCUT2D eigenvalue weighted by Gasteiger charge is -2.24. The van der Waals surface area contributed by atoms with Crippen LogP contribution in [0.5, 0.6) is 0 Å². The monoisotopic (exact) mass is 299 g/mol. The van der Waals surface area contributed by atoms with Gasteiger partial charge in [-0.05, 0) is 12.1 Å². The van der Waals surface area contributed by atoms with Crippen LogP contribution in [0.15, 0.2) is 22.8 Å². The van der Waals surface area contributed by atoms with E-state index in [4.69, 9.17) is 14.3 Å². The summed E-state index contributed by atoms with van der Waals surface area (Å²) in [7, 11) is 1.31. The summed E-state index contributed by atoms with van der Waals surface area (Å²) in [4.78, 5) is 25.2. The molecular formula is C14H21NO6. The van der Waals surface area contributed by atoms with Gasteiger partial charge in [0.05, 0.1) is 39.1 Å². The number of carbonyl (C=O) groups is 2. The first-order valence-corrected chi connectivity index (χ1v) is 6.69. The number of ether oxygens (including phenoxy) is 2. The number of amides is 1. The second-order valence-corrected chi connectivity index (χ2v) is 4.49. The van der Waals surface area contributed by atoms with Crippen molar-refractivity contribution < 1.29 is 28.6 Å². The van der Waals surface area contributed by atoms with Crippen LogP contribution in [0.2, 0.25) is 0 Å². The van der Waals surface area contributed by atoms with Gasteiger partial charge in [-0.3, -0.25) is 9.59 Å². The molecule has 118 valence electrons. The van der Waals surface area contributed by atoms with Crippen LogP contribution >= 0.6 is 0 Å². The van der Waals surface area contributed by atoms with Crippen molar-refractivity contribution in [3.8, 4) is 0 Å². The van der Waals surface area contributed by atoms with Crippen molar-refractivity contribution in [1.82, 2.24) is 4.90 Å². The molecule has 0 aromatic carbocycles. The SMILES string of the molecule is COC(=O)C(C)CN(CCOCCO)C(=O)c1ccco1. The predicted octanol–water partition coefficient (Wildman–Crippen LogP) is 0.540. The average molecular weight is 299 g/mol. The van der Waals surface area contributed by atoms with Gasteiger partial charge < -0.3 is 23.9 Å². The van der Waals surface area contributed by atoms with Crippen molar-refractivity contribution >= 4 is 11.9 Å². The molecule has 0 aliphatic carbocycles. The van der Waals surface area contributed by atoms with Crippen LogP contribution in [0.4, 0.5) is 0 Å². The first kappa shape index (κ1) is 17.2. The second-order valence-electron chi connectivity index (χ2n) is 4.49. The predicted molar refractivity (Wildman–Crippen MR) is 73.7 cm³/mol. The molecule has 1 rings (SSSR count). The fourth-order valence-corrected chi connectivity index (χ4v) is 1.78. The van der Waals surface area contributed by atoms with Crippen molar-refractivity contribution in [2.75, 3.05) is 40.0 Å². The molecule has 1 aromatic rings. The van der Waals surface area contributed by atoms with E-state index in [1.165, 1.54) is 18.3 Å². The molecule has 0 aliphatic rings. The molecule has 0 spiro atoms. The van der Waals surface area contributed by atoms with E-state index in [-0.39, 0.29) is 44.0 Å². The Hall–Kier alpha value is -1.86. The molecule has 7 heteroatoms. The Morgan fingerprint density at radius 3 is 2.76 bits per heavy atom. The van der Waals surface area contributed by atoms with E-state index in [0.29, 0.717) is 6.54 Å². The zero-order chi connectivity index (χ0) is 15.7. The minimum absolute atomic E-state index is 0.0787. The van der Waals surface area contributed by atoms with Gasteiger partial charge >= 0.3 is 5.97 Å². The Kier molecular flexibility index (Phi) is 7.49. The molecule has 1 unspecified atom stereocenters. The maximum Gasteiger partial charge on any atom is 0.310 e. The lowest BCUT2D eigenvalue weighted by Crippen LogP contribution is -2.39. The lowest BCUT2D eigenvalue weighted by molar-refractivity contribution is -0.145. The smallest absolute Gasteiger partial charge is 0.310 e. The Morgan fingerprint density at radius 1 is 1.43 bits per heavy atom. The van der Waals surface area contributed by atoms with Gasteiger partial charge in [0.25, 0.3) is 5.91 Å². The minimum atomic E-state index is -0.452. The Labute approximate surface area is 123 Å². The van der Waals surface area contributed by atoms with Crippen LogP contribution in [0.3, 0.4) is 0 Å². The highest BCUT2D eigenvalue weighted by molar-refractivity contribution is 5.91. The quantitative estimate of drug-likeness (QED) is 0.529. The molecular weight excluding hydrogens is 278 g/mol. The highest BCUT2D eigenvalue weighted by Gasteiger charge is 2.23. The van der Waals surface area contributed by atoms with Crippen LogP contribution in [-0.2, 0) is 14.3 Å². The van der Waals surface area contributed by atoms with E-state index in [9.17, 15) is 9.59 Å². The zero-order valence-corrected chi connectivity index (χ0v) is 12.3. The fourth-order valence-electron chi connectivity index (χ4n) is 1.78. The molecule has 0 saturated heterocycles. The van der Waals surface area contributed by atoms with Crippen LogP contribution < -0.4 is 0 Å². The van der Waals surface area contributed by atoms with E-state index in [0.717, 1.165) is 0 Å². The van der Waals surface area contributed by atoms with Gasteiger partial charge in [0, 0.05) is 13.1 Å². The summed E-state index contributed by atoms with van der Waals surface area (Å²) in [5.74, 6) is -0.951. The normalized spacial score (nSPS) is 12.0. The first-order valence-electron chi connectivity index (χ1n) is 6.69. The molecule has 1 heterocycles. The highest BCUT2D eigenvalue weighted by atomic mass is 16.5. The molecule has 1 N–H and O–H groups in total. The molecule has 0 saturated carbocycles. The average Bonchev–Trinajstić information content (AvgIpc) is 3.02. The van der Waals surface area contributed by atoms with Gasteiger partial charge in [-0.1, -0.05) is 6.92 Å². The van der Waals surface area contributed by atoms with E-state index < -0.39 is 5.92 Å². The van der Waals surface area contributed by atoms with Crippen molar-refractivity contribution in [1.29, 1.82) is 0 Å². The third kappa shape index (κ3) is 5.57. The Balaban J connectivity index is 2.65. The summed E-state index contributed by atoms with van der Waals surface area (Å²) in [6.45, 7) is 2.57.